The van der Waals surface area contributed by atoms with Gasteiger partial charge in [0.25, 0.3) is 11.8 Å². The highest BCUT2D eigenvalue weighted by molar-refractivity contribution is 6.30. The van der Waals surface area contributed by atoms with Gasteiger partial charge in [-0.1, -0.05) is 62.2 Å². The minimum absolute atomic E-state index is 0.0579. The molecular weight excluding hydrogens is 380 g/mol. The van der Waals surface area contributed by atoms with Crippen LogP contribution >= 0.6 is 11.6 Å². The minimum atomic E-state index is -0.633. The molecule has 0 unspecified atom stereocenters. The Hall–Kier alpha value is -2.86. The smallest absolute Gasteiger partial charge is 0.314 e. The third-order valence-corrected chi connectivity index (χ3v) is 4.64. The molecule has 2 rings (SSSR count). The van der Waals surface area contributed by atoms with Crippen molar-refractivity contribution in [3.8, 4) is 0 Å². The Balaban J connectivity index is 1.87. The van der Waals surface area contributed by atoms with E-state index in [1.54, 1.807) is 12.1 Å². The van der Waals surface area contributed by atoms with Crippen LogP contribution in [0.5, 0.6) is 0 Å². The summed E-state index contributed by atoms with van der Waals surface area (Å²) in [4.78, 5) is 36.4. The van der Waals surface area contributed by atoms with E-state index in [1.165, 1.54) is 12.1 Å². The van der Waals surface area contributed by atoms with E-state index in [-0.39, 0.29) is 5.92 Å². The second kappa shape index (κ2) is 10.5. The molecule has 0 spiro atoms. The van der Waals surface area contributed by atoms with Gasteiger partial charge in [-0.05, 0) is 35.7 Å². The maximum absolute atomic E-state index is 12.5. The van der Waals surface area contributed by atoms with Crippen LogP contribution in [0.3, 0.4) is 0 Å². The van der Waals surface area contributed by atoms with E-state index in [0.717, 1.165) is 12.0 Å². The zero-order valence-corrected chi connectivity index (χ0v) is 16.5. The van der Waals surface area contributed by atoms with Crippen molar-refractivity contribution >= 4 is 29.4 Å². The fraction of sp³-hybridized carbons (Fsp3) is 0.286. The molecule has 0 bridgehead atoms. The zero-order valence-electron chi connectivity index (χ0n) is 15.8. The molecule has 0 fully saturated rings. The number of benzene rings is 2. The molecule has 2 aromatic carbocycles. The van der Waals surface area contributed by atoms with Crippen LogP contribution in [0.4, 0.5) is 0 Å². The molecule has 0 saturated heterocycles. The van der Waals surface area contributed by atoms with Crippen molar-refractivity contribution in [3.63, 3.8) is 0 Å². The molecule has 0 aliphatic carbocycles. The molecule has 148 valence electrons. The van der Waals surface area contributed by atoms with Gasteiger partial charge in [0.1, 0.15) is 0 Å². The molecule has 7 heteroatoms. The second-order valence-electron chi connectivity index (χ2n) is 6.39. The monoisotopic (exact) mass is 402 g/mol. The lowest BCUT2D eigenvalue weighted by Gasteiger charge is -2.21. The number of hydrogen-bond acceptors (Lipinski definition) is 4. The summed E-state index contributed by atoms with van der Waals surface area (Å²) in [5, 5.41) is 0.502. The van der Waals surface area contributed by atoms with Crippen LogP contribution in [0.15, 0.2) is 54.6 Å². The highest BCUT2D eigenvalue weighted by Crippen LogP contribution is 2.28. The number of rotatable bonds is 7. The highest BCUT2D eigenvalue weighted by atomic mass is 35.5. The van der Waals surface area contributed by atoms with Gasteiger partial charge in [-0.3, -0.25) is 25.2 Å². The Morgan fingerprint density at radius 1 is 1.00 bits per heavy atom. The SMILES string of the molecule is CC[C@H](C)[C@@H](C(=O)OCC(=O)NNC(=O)c1ccc(Cl)cc1)c1ccccc1. The van der Waals surface area contributed by atoms with E-state index in [4.69, 9.17) is 16.3 Å². The van der Waals surface area contributed by atoms with Gasteiger partial charge in [0.15, 0.2) is 6.61 Å². The van der Waals surface area contributed by atoms with Crippen molar-refractivity contribution < 1.29 is 19.1 Å². The summed E-state index contributed by atoms with van der Waals surface area (Å²) in [5.74, 6) is -2.00. The Bertz CT molecular complexity index is 809. The number of carbonyl (C=O) groups excluding carboxylic acids is 3. The van der Waals surface area contributed by atoms with E-state index in [9.17, 15) is 14.4 Å². The standard InChI is InChI=1S/C21H23ClN2O4/c1-3-14(2)19(15-7-5-4-6-8-15)21(27)28-13-18(25)23-24-20(26)16-9-11-17(22)12-10-16/h4-12,14,19H,3,13H2,1-2H3,(H,23,25)(H,24,26)/t14-,19+/m0/s1. The summed E-state index contributed by atoms with van der Waals surface area (Å²) in [6.07, 6.45) is 0.790. The number of carbonyl (C=O) groups is 3. The molecule has 2 N–H and O–H groups in total. The van der Waals surface area contributed by atoms with Crippen LogP contribution in [-0.2, 0) is 14.3 Å². The lowest BCUT2D eigenvalue weighted by molar-refractivity contribution is -0.151. The van der Waals surface area contributed by atoms with Crippen LogP contribution in [0.1, 0.15) is 42.1 Å². The van der Waals surface area contributed by atoms with Gasteiger partial charge >= 0.3 is 5.97 Å². The number of amides is 2. The Morgan fingerprint density at radius 2 is 1.64 bits per heavy atom. The Kier molecular flexibility index (Phi) is 8.02. The van der Waals surface area contributed by atoms with Crippen LogP contribution in [0.25, 0.3) is 0 Å². The van der Waals surface area contributed by atoms with E-state index in [0.29, 0.717) is 10.6 Å². The quantitative estimate of drug-likeness (QED) is 0.548. The summed E-state index contributed by atoms with van der Waals surface area (Å²) in [6.45, 7) is 3.47. The van der Waals surface area contributed by atoms with Crippen molar-refractivity contribution in [2.75, 3.05) is 6.61 Å². The normalized spacial score (nSPS) is 12.5. The van der Waals surface area contributed by atoms with Crippen molar-refractivity contribution in [3.05, 3.63) is 70.7 Å². The van der Waals surface area contributed by atoms with Crippen molar-refractivity contribution in [2.45, 2.75) is 26.2 Å². The second-order valence-corrected chi connectivity index (χ2v) is 6.83. The van der Waals surface area contributed by atoms with Gasteiger partial charge in [-0.15, -0.1) is 0 Å². The summed E-state index contributed by atoms with van der Waals surface area (Å²) in [6, 6.07) is 15.5. The summed E-state index contributed by atoms with van der Waals surface area (Å²) in [7, 11) is 0. The number of halogens is 1. The maximum atomic E-state index is 12.5. The van der Waals surface area contributed by atoms with E-state index >= 15 is 0 Å². The van der Waals surface area contributed by atoms with Gasteiger partial charge in [0.2, 0.25) is 0 Å². The van der Waals surface area contributed by atoms with Crippen molar-refractivity contribution in [2.24, 2.45) is 5.92 Å². The predicted molar refractivity (Wildman–Crippen MR) is 107 cm³/mol. The molecule has 28 heavy (non-hydrogen) atoms. The third-order valence-electron chi connectivity index (χ3n) is 4.39. The summed E-state index contributed by atoms with van der Waals surface area (Å²) < 4.78 is 5.18. The van der Waals surface area contributed by atoms with Crippen LogP contribution in [0.2, 0.25) is 5.02 Å². The maximum Gasteiger partial charge on any atom is 0.314 e. The molecule has 2 aromatic rings. The van der Waals surface area contributed by atoms with Crippen molar-refractivity contribution in [1.82, 2.24) is 10.9 Å². The number of nitrogens with one attached hydrogen (secondary N) is 2. The van der Waals surface area contributed by atoms with E-state index in [1.807, 2.05) is 44.2 Å². The average Bonchev–Trinajstić information content (AvgIpc) is 2.71. The molecule has 2 amide bonds. The van der Waals surface area contributed by atoms with Crippen LogP contribution in [-0.4, -0.2) is 24.4 Å². The number of hydrazine groups is 1. The largest absolute Gasteiger partial charge is 0.455 e. The molecule has 0 aromatic heterocycles. The van der Waals surface area contributed by atoms with Crippen LogP contribution < -0.4 is 10.9 Å². The molecule has 0 heterocycles. The van der Waals surface area contributed by atoms with Gasteiger partial charge in [-0.2, -0.15) is 0 Å². The molecule has 0 saturated carbocycles. The van der Waals surface area contributed by atoms with Crippen LogP contribution in [0, 0.1) is 5.92 Å². The third kappa shape index (κ3) is 6.09. The fourth-order valence-corrected chi connectivity index (χ4v) is 2.78. The molecule has 0 radical (unpaired) electrons. The summed E-state index contributed by atoms with van der Waals surface area (Å²) in [5.41, 5.74) is 5.67. The average molecular weight is 403 g/mol. The molecule has 0 aliphatic rings. The number of ether oxygens (including phenoxy) is 1. The predicted octanol–water partition coefficient (Wildman–Crippen LogP) is 3.47. The summed E-state index contributed by atoms with van der Waals surface area (Å²) >= 11 is 5.77. The molecular formula is C21H23ClN2O4. The lowest BCUT2D eigenvalue weighted by atomic mass is 9.86. The molecule has 2 atom stereocenters. The first-order valence-corrected chi connectivity index (χ1v) is 9.36. The van der Waals surface area contributed by atoms with E-state index < -0.39 is 30.3 Å². The lowest BCUT2D eigenvalue weighted by Crippen LogP contribution is -2.43. The zero-order chi connectivity index (χ0) is 20.5. The Labute approximate surface area is 169 Å². The van der Waals surface area contributed by atoms with Gasteiger partial charge in [-0.25, -0.2) is 0 Å². The van der Waals surface area contributed by atoms with Gasteiger partial charge in [0.05, 0.1) is 5.92 Å². The van der Waals surface area contributed by atoms with Gasteiger partial charge < -0.3 is 4.74 Å². The first kappa shape index (κ1) is 21.4. The number of hydrogen-bond donors (Lipinski definition) is 2. The minimum Gasteiger partial charge on any atom is -0.455 e. The van der Waals surface area contributed by atoms with E-state index in [2.05, 4.69) is 10.9 Å². The topological polar surface area (TPSA) is 84.5 Å². The molecule has 6 nitrogen and oxygen atoms in total. The van der Waals surface area contributed by atoms with Gasteiger partial charge in [0, 0.05) is 10.6 Å². The molecule has 0 aliphatic heterocycles. The fourth-order valence-electron chi connectivity index (χ4n) is 2.66. The Morgan fingerprint density at radius 3 is 2.25 bits per heavy atom. The van der Waals surface area contributed by atoms with Crippen molar-refractivity contribution in [1.29, 1.82) is 0 Å². The highest BCUT2D eigenvalue weighted by Gasteiger charge is 2.27. The first-order valence-electron chi connectivity index (χ1n) is 8.98. The first-order chi connectivity index (χ1) is 13.4. The number of esters is 1.